The van der Waals surface area contributed by atoms with Crippen molar-refractivity contribution in [1.82, 2.24) is 20.1 Å². The Morgan fingerprint density at radius 3 is 2.58 bits per heavy atom. The predicted molar refractivity (Wildman–Crippen MR) is 111 cm³/mol. The first-order chi connectivity index (χ1) is 15.0. The van der Waals surface area contributed by atoms with Gasteiger partial charge in [-0.05, 0) is 42.0 Å². The van der Waals surface area contributed by atoms with Gasteiger partial charge in [-0.15, -0.1) is 0 Å². The van der Waals surface area contributed by atoms with Gasteiger partial charge in [0.15, 0.2) is 0 Å². The fraction of sp³-hybridized carbons (Fsp3) is 0.0455. The second-order valence-electron chi connectivity index (χ2n) is 6.62. The van der Waals surface area contributed by atoms with Crippen LogP contribution in [0, 0.1) is 15.9 Å². The number of non-ortho nitro benzene ring substituents is 1. The van der Waals surface area contributed by atoms with Crippen molar-refractivity contribution >= 4 is 11.6 Å². The molecule has 0 bridgehead atoms. The number of amides is 1. The summed E-state index contributed by atoms with van der Waals surface area (Å²) in [7, 11) is 0. The first-order valence-electron chi connectivity index (χ1n) is 9.30. The molecule has 0 saturated heterocycles. The monoisotopic (exact) mass is 417 g/mol. The highest BCUT2D eigenvalue weighted by Crippen LogP contribution is 2.25. The van der Waals surface area contributed by atoms with Crippen molar-refractivity contribution in [2.75, 3.05) is 0 Å². The number of rotatable bonds is 6. The van der Waals surface area contributed by atoms with E-state index in [1.54, 1.807) is 48.8 Å². The number of nitrogens with zero attached hydrogens (tertiary/aromatic N) is 4. The van der Waals surface area contributed by atoms with Crippen molar-refractivity contribution in [2.24, 2.45) is 0 Å². The molecule has 4 rings (SSSR count). The molecule has 0 spiro atoms. The molecule has 0 aliphatic heterocycles. The van der Waals surface area contributed by atoms with Crippen LogP contribution in [-0.4, -0.2) is 25.6 Å². The van der Waals surface area contributed by atoms with Crippen molar-refractivity contribution in [3.8, 4) is 16.9 Å². The van der Waals surface area contributed by atoms with Gasteiger partial charge in [-0.1, -0.05) is 18.2 Å². The molecular formula is C22H16FN5O3. The predicted octanol–water partition coefficient (Wildman–Crippen LogP) is 3.91. The van der Waals surface area contributed by atoms with Crippen LogP contribution in [0.25, 0.3) is 16.9 Å². The van der Waals surface area contributed by atoms with Crippen molar-refractivity contribution < 1.29 is 14.1 Å². The third kappa shape index (κ3) is 4.30. The third-order valence-corrected chi connectivity index (χ3v) is 4.58. The molecule has 0 aliphatic carbocycles. The molecule has 4 aromatic rings. The molecule has 0 unspecified atom stereocenters. The summed E-state index contributed by atoms with van der Waals surface area (Å²) in [6, 6.07) is 16.8. The number of hydrogen-bond donors (Lipinski definition) is 1. The van der Waals surface area contributed by atoms with Gasteiger partial charge in [-0.2, -0.15) is 5.10 Å². The Morgan fingerprint density at radius 2 is 1.84 bits per heavy atom. The van der Waals surface area contributed by atoms with Crippen LogP contribution in [0.15, 0.2) is 79.1 Å². The molecule has 154 valence electrons. The molecule has 0 aliphatic rings. The number of pyridine rings is 1. The van der Waals surface area contributed by atoms with Crippen LogP contribution < -0.4 is 5.32 Å². The number of nitro benzene ring substituents is 1. The van der Waals surface area contributed by atoms with Crippen LogP contribution in [0.3, 0.4) is 0 Å². The zero-order valence-corrected chi connectivity index (χ0v) is 16.1. The summed E-state index contributed by atoms with van der Waals surface area (Å²) < 4.78 is 15.6. The molecule has 1 amide bonds. The fourth-order valence-electron chi connectivity index (χ4n) is 3.05. The number of carbonyl (C=O) groups is 1. The van der Waals surface area contributed by atoms with E-state index in [2.05, 4.69) is 15.4 Å². The molecule has 0 saturated carbocycles. The van der Waals surface area contributed by atoms with E-state index in [1.807, 2.05) is 0 Å². The Balaban J connectivity index is 1.75. The Morgan fingerprint density at radius 1 is 1.06 bits per heavy atom. The molecule has 9 heteroatoms. The van der Waals surface area contributed by atoms with Gasteiger partial charge in [0.25, 0.3) is 11.6 Å². The maximum Gasteiger partial charge on any atom is 0.271 e. The average Bonchev–Trinajstić information content (AvgIpc) is 3.24. The largest absolute Gasteiger partial charge is 0.347 e. The van der Waals surface area contributed by atoms with Gasteiger partial charge in [0.1, 0.15) is 11.5 Å². The van der Waals surface area contributed by atoms with Crippen molar-refractivity contribution in [1.29, 1.82) is 0 Å². The average molecular weight is 417 g/mol. The third-order valence-electron chi connectivity index (χ3n) is 4.58. The molecule has 2 aromatic heterocycles. The highest BCUT2D eigenvalue weighted by molar-refractivity contribution is 5.94. The summed E-state index contributed by atoms with van der Waals surface area (Å²) in [6.07, 6.45) is 3.23. The number of halogens is 1. The van der Waals surface area contributed by atoms with E-state index in [0.29, 0.717) is 5.69 Å². The van der Waals surface area contributed by atoms with Crippen molar-refractivity contribution in [3.05, 3.63) is 106 Å². The van der Waals surface area contributed by atoms with Gasteiger partial charge in [-0.3, -0.25) is 19.9 Å². The molecule has 0 fully saturated rings. The molecule has 1 N–H and O–H groups in total. The second kappa shape index (κ2) is 8.54. The summed E-state index contributed by atoms with van der Waals surface area (Å²) in [5.41, 5.74) is 1.58. The Kier molecular flexibility index (Phi) is 5.48. The maximum absolute atomic E-state index is 14.3. The molecule has 0 radical (unpaired) electrons. The summed E-state index contributed by atoms with van der Waals surface area (Å²) >= 11 is 0. The summed E-state index contributed by atoms with van der Waals surface area (Å²) in [4.78, 5) is 27.5. The lowest BCUT2D eigenvalue weighted by atomic mass is 10.1. The fourth-order valence-corrected chi connectivity index (χ4v) is 3.05. The summed E-state index contributed by atoms with van der Waals surface area (Å²) in [5.74, 6) is -0.951. The van der Waals surface area contributed by atoms with E-state index < -0.39 is 16.6 Å². The maximum atomic E-state index is 14.3. The van der Waals surface area contributed by atoms with E-state index in [-0.39, 0.29) is 29.2 Å². The summed E-state index contributed by atoms with van der Waals surface area (Å²) in [6.45, 7) is 0.247. The van der Waals surface area contributed by atoms with E-state index in [0.717, 1.165) is 5.56 Å². The first-order valence-corrected chi connectivity index (χ1v) is 9.30. The normalized spacial score (nSPS) is 10.6. The van der Waals surface area contributed by atoms with Gasteiger partial charge in [0.05, 0.1) is 16.3 Å². The van der Waals surface area contributed by atoms with E-state index in [9.17, 15) is 19.3 Å². The molecule has 0 atom stereocenters. The van der Waals surface area contributed by atoms with E-state index >= 15 is 0 Å². The van der Waals surface area contributed by atoms with Crippen LogP contribution in [0.1, 0.15) is 16.1 Å². The minimum Gasteiger partial charge on any atom is -0.347 e. The van der Waals surface area contributed by atoms with Gasteiger partial charge in [-0.25, -0.2) is 9.07 Å². The first kappa shape index (κ1) is 19.9. The minimum absolute atomic E-state index is 0.118. The van der Waals surface area contributed by atoms with E-state index in [1.165, 1.54) is 35.0 Å². The Hall–Kier alpha value is -4.40. The molecular weight excluding hydrogens is 401 g/mol. The molecule has 8 nitrogen and oxygen atoms in total. The quantitative estimate of drug-likeness (QED) is 0.378. The number of carbonyl (C=O) groups excluding carboxylic acids is 1. The second-order valence-corrected chi connectivity index (χ2v) is 6.62. The van der Waals surface area contributed by atoms with Crippen LogP contribution >= 0.6 is 0 Å². The van der Waals surface area contributed by atoms with Crippen LogP contribution in [0.2, 0.25) is 0 Å². The number of nitrogens with one attached hydrogen (secondary N) is 1. The SMILES string of the molecule is O=C(NCc1ccncc1)c1cc(-c2ccccc2F)nn1-c1cccc([N+](=O)[O-])c1. The number of aromatic nitrogens is 3. The topological polar surface area (TPSA) is 103 Å². The standard InChI is InChI=1S/C22H16FN5O3/c23-19-7-2-1-6-18(19)20-13-21(22(29)25-14-15-8-10-24-11-9-15)27(26-20)16-4-3-5-17(12-16)28(30)31/h1-13H,14H2,(H,25,29). The minimum atomic E-state index is -0.534. The molecule has 2 heterocycles. The lowest BCUT2D eigenvalue weighted by Crippen LogP contribution is -2.25. The van der Waals surface area contributed by atoms with Crippen LogP contribution in [0.4, 0.5) is 10.1 Å². The highest BCUT2D eigenvalue weighted by atomic mass is 19.1. The van der Waals surface area contributed by atoms with Gasteiger partial charge in [0, 0.05) is 36.6 Å². The number of benzene rings is 2. The van der Waals surface area contributed by atoms with Crippen molar-refractivity contribution in [3.63, 3.8) is 0 Å². The van der Waals surface area contributed by atoms with Gasteiger partial charge in [0.2, 0.25) is 0 Å². The van der Waals surface area contributed by atoms with Gasteiger partial charge >= 0.3 is 0 Å². The lowest BCUT2D eigenvalue weighted by molar-refractivity contribution is -0.384. The lowest BCUT2D eigenvalue weighted by Gasteiger charge is -2.08. The van der Waals surface area contributed by atoms with Crippen LogP contribution in [0.5, 0.6) is 0 Å². The smallest absolute Gasteiger partial charge is 0.271 e. The van der Waals surface area contributed by atoms with Crippen molar-refractivity contribution in [2.45, 2.75) is 6.54 Å². The number of nitro groups is 1. The summed E-state index contributed by atoms with van der Waals surface area (Å²) in [5, 5.41) is 18.3. The zero-order valence-electron chi connectivity index (χ0n) is 16.1. The zero-order chi connectivity index (χ0) is 21.8. The Bertz CT molecular complexity index is 1260. The van der Waals surface area contributed by atoms with Crippen LogP contribution in [-0.2, 0) is 6.54 Å². The Labute approximate surface area is 176 Å². The van der Waals surface area contributed by atoms with E-state index in [4.69, 9.17) is 0 Å². The molecule has 2 aromatic carbocycles. The highest BCUT2D eigenvalue weighted by Gasteiger charge is 2.20. The molecule has 31 heavy (non-hydrogen) atoms. The number of hydrogen-bond acceptors (Lipinski definition) is 5. The van der Waals surface area contributed by atoms with Gasteiger partial charge < -0.3 is 5.32 Å².